The summed E-state index contributed by atoms with van der Waals surface area (Å²) in [5.41, 5.74) is 2.46. The van der Waals surface area contributed by atoms with Gasteiger partial charge < -0.3 is 10.2 Å². The lowest BCUT2D eigenvalue weighted by Crippen LogP contribution is -2.34. The summed E-state index contributed by atoms with van der Waals surface area (Å²) < 4.78 is 0. The van der Waals surface area contributed by atoms with Crippen molar-refractivity contribution < 1.29 is 9.59 Å². The van der Waals surface area contributed by atoms with Gasteiger partial charge in [-0.05, 0) is 12.5 Å². The second kappa shape index (κ2) is 7.14. The lowest BCUT2D eigenvalue weighted by atomic mass is 10.1. The third-order valence-corrected chi connectivity index (χ3v) is 5.32. The van der Waals surface area contributed by atoms with E-state index >= 15 is 0 Å². The van der Waals surface area contributed by atoms with Gasteiger partial charge in [0.1, 0.15) is 6.54 Å². The van der Waals surface area contributed by atoms with E-state index < -0.39 is 0 Å². The van der Waals surface area contributed by atoms with E-state index in [4.69, 9.17) is 0 Å². The van der Waals surface area contributed by atoms with Crippen molar-refractivity contribution in [2.45, 2.75) is 13.3 Å². The van der Waals surface area contributed by atoms with Gasteiger partial charge in [-0.3, -0.25) is 9.59 Å². The Morgan fingerprint density at radius 2 is 2.13 bits per heavy atom. The van der Waals surface area contributed by atoms with Gasteiger partial charge in [-0.15, -0.1) is 23.1 Å². The molecule has 1 fully saturated rings. The molecule has 0 saturated carbocycles. The standard InChI is InChI=1S/C16H17N3O2S2/c1-11-2-4-12(5-3-11)6-13-7-17-16(23-13)18-14(20)8-19-10-22-9-15(19)21/h2-5,7H,6,8-10H2,1H3,(H,17,18,20). The number of nitrogens with one attached hydrogen (secondary N) is 1. The fourth-order valence-electron chi connectivity index (χ4n) is 2.23. The lowest BCUT2D eigenvalue weighted by molar-refractivity contribution is -0.130. The number of hydrogen-bond acceptors (Lipinski definition) is 5. The highest BCUT2D eigenvalue weighted by Crippen LogP contribution is 2.22. The maximum absolute atomic E-state index is 12.0. The lowest BCUT2D eigenvalue weighted by Gasteiger charge is -2.12. The fraction of sp³-hybridized carbons (Fsp3) is 0.312. The van der Waals surface area contributed by atoms with E-state index in [1.807, 2.05) is 0 Å². The average molecular weight is 347 g/mol. The molecule has 23 heavy (non-hydrogen) atoms. The summed E-state index contributed by atoms with van der Waals surface area (Å²) >= 11 is 3.00. The first-order chi connectivity index (χ1) is 11.1. The van der Waals surface area contributed by atoms with Crippen molar-refractivity contribution in [3.8, 4) is 0 Å². The molecule has 1 aliphatic rings. The molecule has 1 aromatic heterocycles. The van der Waals surface area contributed by atoms with Gasteiger partial charge in [0.15, 0.2) is 5.13 Å². The second-order valence-electron chi connectivity index (χ2n) is 5.41. The maximum Gasteiger partial charge on any atom is 0.245 e. The third-order valence-electron chi connectivity index (χ3n) is 3.46. The van der Waals surface area contributed by atoms with Crippen molar-refractivity contribution in [2.24, 2.45) is 0 Å². The number of hydrogen-bond donors (Lipinski definition) is 1. The normalized spacial score (nSPS) is 14.3. The molecule has 0 unspecified atom stereocenters. The molecular formula is C16H17N3O2S2. The van der Waals surface area contributed by atoms with Crippen LogP contribution in [0.2, 0.25) is 0 Å². The summed E-state index contributed by atoms with van der Waals surface area (Å²) in [5, 5.41) is 3.35. The van der Waals surface area contributed by atoms with Crippen LogP contribution in [0, 0.1) is 6.92 Å². The first-order valence-electron chi connectivity index (χ1n) is 7.26. The van der Waals surface area contributed by atoms with Gasteiger partial charge in [0.05, 0.1) is 11.6 Å². The number of aryl methyl sites for hydroxylation is 1. The number of amides is 2. The van der Waals surface area contributed by atoms with E-state index in [0.717, 1.165) is 11.3 Å². The van der Waals surface area contributed by atoms with E-state index in [1.165, 1.54) is 34.2 Å². The Kier molecular flexibility index (Phi) is 4.97. The van der Waals surface area contributed by atoms with Crippen LogP contribution in [0.3, 0.4) is 0 Å². The predicted molar refractivity (Wildman–Crippen MR) is 93.8 cm³/mol. The van der Waals surface area contributed by atoms with Gasteiger partial charge in [0, 0.05) is 17.5 Å². The highest BCUT2D eigenvalue weighted by Gasteiger charge is 2.23. The first kappa shape index (κ1) is 16.0. The predicted octanol–water partition coefficient (Wildman–Crippen LogP) is 2.51. The second-order valence-corrected chi connectivity index (χ2v) is 7.48. The number of carbonyl (C=O) groups is 2. The largest absolute Gasteiger partial charge is 0.323 e. The van der Waals surface area contributed by atoms with Crippen LogP contribution >= 0.6 is 23.1 Å². The highest BCUT2D eigenvalue weighted by molar-refractivity contribution is 8.00. The Morgan fingerprint density at radius 3 is 2.83 bits per heavy atom. The van der Waals surface area contributed by atoms with E-state index in [0.29, 0.717) is 16.8 Å². The van der Waals surface area contributed by atoms with Gasteiger partial charge in [-0.2, -0.15) is 0 Å². The van der Waals surface area contributed by atoms with E-state index in [-0.39, 0.29) is 18.4 Å². The Balaban J connectivity index is 1.55. The molecular weight excluding hydrogens is 330 g/mol. The van der Waals surface area contributed by atoms with Crippen LogP contribution in [0.1, 0.15) is 16.0 Å². The van der Waals surface area contributed by atoms with Crippen molar-refractivity contribution in [2.75, 3.05) is 23.5 Å². The van der Waals surface area contributed by atoms with Gasteiger partial charge in [-0.25, -0.2) is 4.98 Å². The Labute approximate surface area is 143 Å². The van der Waals surface area contributed by atoms with Crippen molar-refractivity contribution in [1.29, 1.82) is 0 Å². The zero-order valence-electron chi connectivity index (χ0n) is 12.7. The average Bonchev–Trinajstić information content (AvgIpc) is 3.11. The molecule has 3 rings (SSSR count). The van der Waals surface area contributed by atoms with Crippen LogP contribution in [-0.4, -0.2) is 39.9 Å². The molecule has 0 atom stereocenters. The van der Waals surface area contributed by atoms with Crippen molar-refractivity contribution in [3.63, 3.8) is 0 Å². The number of nitrogens with zero attached hydrogens (tertiary/aromatic N) is 2. The van der Waals surface area contributed by atoms with Crippen LogP contribution in [-0.2, 0) is 16.0 Å². The summed E-state index contributed by atoms with van der Waals surface area (Å²) in [6.07, 6.45) is 2.59. The Bertz CT molecular complexity index is 712. The van der Waals surface area contributed by atoms with Crippen LogP contribution in [0.5, 0.6) is 0 Å². The van der Waals surface area contributed by atoms with Gasteiger partial charge in [0.2, 0.25) is 11.8 Å². The molecule has 0 bridgehead atoms. The third kappa shape index (κ3) is 4.33. The minimum atomic E-state index is -0.197. The van der Waals surface area contributed by atoms with Gasteiger partial charge in [0.25, 0.3) is 0 Å². The number of carbonyl (C=O) groups excluding carboxylic acids is 2. The topological polar surface area (TPSA) is 62.3 Å². The van der Waals surface area contributed by atoms with Crippen LogP contribution < -0.4 is 5.32 Å². The smallest absolute Gasteiger partial charge is 0.245 e. The molecule has 1 aromatic carbocycles. The van der Waals surface area contributed by atoms with Crippen LogP contribution in [0.4, 0.5) is 5.13 Å². The minimum Gasteiger partial charge on any atom is -0.323 e. The number of aromatic nitrogens is 1. The highest BCUT2D eigenvalue weighted by atomic mass is 32.2. The van der Waals surface area contributed by atoms with E-state index in [2.05, 4.69) is 41.5 Å². The molecule has 7 heteroatoms. The Hall–Kier alpha value is -1.86. The van der Waals surface area contributed by atoms with Gasteiger partial charge >= 0.3 is 0 Å². The molecule has 0 spiro atoms. The monoisotopic (exact) mass is 347 g/mol. The summed E-state index contributed by atoms with van der Waals surface area (Å²) in [6.45, 7) is 2.16. The molecule has 0 aliphatic carbocycles. The fourth-order valence-corrected chi connectivity index (χ4v) is 3.99. The summed E-state index contributed by atoms with van der Waals surface area (Å²) in [5.74, 6) is 0.870. The molecule has 1 aliphatic heterocycles. The number of rotatable bonds is 5. The zero-order chi connectivity index (χ0) is 16.2. The molecule has 1 N–H and O–H groups in total. The molecule has 0 radical (unpaired) electrons. The summed E-state index contributed by atoms with van der Waals surface area (Å²) in [7, 11) is 0. The molecule has 120 valence electrons. The van der Waals surface area contributed by atoms with E-state index in [9.17, 15) is 9.59 Å². The number of anilines is 1. The Morgan fingerprint density at radius 1 is 1.35 bits per heavy atom. The van der Waals surface area contributed by atoms with Crippen molar-refractivity contribution >= 4 is 40.0 Å². The van der Waals surface area contributed by atoms with E-state index in [1.54, 1.807) is 11.1 Å². The maximum atomic E-state index is 12.0. The number of benzene rings is 1. The summed E-state index contributed by atoms with van der Waals surface area (Å²) in [6, 6.07) is 8.38. The molecule has 2 aromatic rings. The van der Waals surface area contributed by atoms with Crippen molar-refractivity contribution in [3.05, 3.63) is 46.5 Å². The number of thioether (sulfide) groups is 1. The zero-order valence-corrected chi connectivity index (χ0v) is 14.4. The minimum absolute atomic E-state index is 0.0179. The first-order valence-corrected chi connectivity index (χ1v) is 9.23. The summed E-state index contributed by atoms with van der Waals surface area (Å²) in [4.78, 5) is 30.4. The van der Waals surface area contributed by atoms with Crippen LogP contribution in [0.25, 0.3) is 0 Å². The van der Waals surface area contributed by atoms with Crippen molar-refractivity contribution in [1.82, 2.24) is 9.88 Å². The SMILES string of the molecule is Cc1ccc(Cc2cnc(NC(=O)CN3CSCC3=O)s2)cc1. The van der Waals surface area contributed by atoms with Gasteiger partial charge in [-0.1, -0.05) is 29.8 Å². The molecule has 5 nitrogen and oxygen atoms in total. The quantitative estimate of drug-likeness (QED) is 0.903. The molecule has 2 heterocycles. The molecule has 1 saturated heterocycles. The van der Waals surface area contributed by atoms with Crippen LogP contribution in [0.15, 0.2) is 30.5 Å². The number of thiazole rings is 1. The molecule has 2 amide bonds.